The van der Waals surface area contributed by atoms with Gasteiger partial charge in [0.2, 0.25) is 0 Å². The molecule has 1 N–H and O–H groups in total. The zero-order chi connectivity index (χ0) is 19.5. The average Bonchev–Trinajstić information content (AvgIpc) is 2.74. The molecule has 1 aromatic heterocycles. The number of aromatic nitrogens is 1. The van der Waals surface area contributed by atoms with E-state index in [1.807, 2.05) is 79.7 Å². The molecule has 138 valence electrons. The summed E-state index contributed by atoms with van der Waals surface area (Å²) in [6.07, 6.45) is 0.930. The molecule has 4 aromatic rings. The Morgan fingerprint density at radius 2 is 1.68 bits per heavy atom. The summed E-state index contributed by atoms with van der Waals surface area (Å²) in [7, 11) is 0. The van der Waals surface area contributed by atoms with Crippen LogP contribution in [-0.2, 0) is 6.42 Å². The quantitative estimate of drug-likeness (QED) is 0.479. The molecular formula is C25H22N2O. The fraction of sp³-hybridized carbons (Fsp3) is 0.120. The summed E-state index contributed by atoms with van der Waals surface area (Å²) in [5.74, 6) is -0.110. The minimum atomic E-state index is -0.110. The topological polar surface area (TPSA) is 42.0 Å². The molecule has 1 heterocycles. The monoisotopic (exact) mass is 366 g/mol. The highest BCUT2D eigenvalue weighted by molar-refractivity contribution is 6.14. The second-order valence-electron chi connectivity index (χ2n) is 6.85. The number of para-hydroxylation sites is 1. The molecule has 1 amide bonds. The number of nitrogens with zero attached hydrogens (tertiary/aromatic N) is 1. The highest BCUT2D eigenvalue weighted by atomic mass is 16.1. The SMILES string of the molecule is CCc1cccc(NC(=O)c2c(C)c(-c3ccccc3)nc3ccccc23)c1. The molecule has 0 spiro atoms. The van der Waals surface area contributed by atoms with Crippen LogP contribution in [-0.4, -0.2) is 10.9 Å². The Bertz CT molecular complexity index is 1150. The molecule has 0 saturated heterocycles. The Morgan fingerprint density at radius 1 is 0.929 bits per heavy atom. The minimum Gasteiger partial charge on any atom is -0.322 e. The van der Waals surface area contributed by atoms with Crippen molar-refractivity contribution in [3.05, 3.63) is 95.6 Å². The molecule has 0 radical (unpaired) electrons. The van der Waals surface area contributed by atoms with E-state index in [0.29, 0.717) is 5.56 Å². The molecule has 0 fully saturated rings. The summed E-state index contributed by atoms with van der Waals surface area (Å²) in [5, 5.41) is 3.94. The summed E-state index contributed by atoms with van der Waals surface area (Å²) in [4.78, 5) is 18.1. The number of aryl methyl sites for hydroxylation is 1. The lowest BCUT2D eigenvalue weighted by Crippen LogP contribution is -2.15. The first-order valence-electron chi connectivity index (χ1n) is 9.52. The Balaban J connectivity index is 1.85. The van der Waals surface area contributed by atoms with Crippen molar-refractivity contribution in [1.29, 1.82) is 0 Å². The van der Waals surface area contributed by atoms with E-state index in [0.717, 1.165) is 39.8 Å². The zero-order valence-electron chi connectivity index (χ0n) is 16.1. The van der Waals surface area contributed by atoms with Crippen LogP contribution in [0.4, 0.5) is 5.69 Å². The van der Waals surface area contributed by atoms with Gasteiger partial charge in [0.25, 0.3) is 5.91 Å². The number of carbonyl (C=O) groups excluding carboxylic acids is 1. The van der Waals surface area contributed by atoms with Gasteiger partial charge in [-0.15, -0.1) is 0 Å². The number of amides is 1. The van der Waals surface area contributed by atoms with Crippen molar-refractivity contribution >= 4 is 22.5 Å². The van der Waals surface area contributed by atoms with Crippen LogP contribution >= 0.6 is 0 Å². The van der Waals surface area contributed by atoms with Crippen molar-refractivity contribution in [3.63, 3.8) is 0 Å². The first kappa shape index (κ1) is 17.9. The molecule has 0 aliphatic carbocycles. The number of hydrogen-bond donors (Lipinski definition) is 1. The number of pyridine rings is 1. The maximum absolute atomic E-state index is 13.3. The van der Waals surface area contributed by atoms with Crippen LogP contribution in [0, 0.1) is 6.92 Å². The molecule has 0 bridgehead atoms. The zero-order valence-corrected chi connectivity index (χ0v) is 16.1. The predicted octanol–water partition coefficient (Wildman–Crippen LogP) is 6.02. The third-order valence-corrected chi connectivity index (χ3v) is 5.00. The lowest BCUT2D eigenvalue weighted by atomic mass is 9.97. The predicted molar refractivity (Wildman–Crippen MR) is 116 cm³/mol. The van der Waals surface area contributed by atoms with Crippen molar-refractivity contribution in [2.24, 2.45) is 0 Å². The van der Waals surface area contributed by atoms with Crippen molar-refractivity contribution in [1.82, 2.24) is 4.98 Å². The van der Waals surface area contributed by atoms with Gasteiger partial charge in [-0.1, -0.05) is 67.6 Å². The van der Waals surface area contributed by atoms with Crippen molar-refractivity contribution in [2.45, 2.75) is 20.3 Å². The Morgan fingerprint density at radius 3 is 2.46 bits per heavy atom. The summed E-state index contributed by atoms with van der Waals surface area (Å²) in [5.41, 5.74) is 6.23. The minimum absolute atomic E-state index is 0.110. The van der Waals surface area contributed by atoms with E-state index >= 15 is 0 Å². The number of anilines is 1. The van der Waals surface area contributed by atoms with E-state index < -0.39 is 0 Å². The van der Waals surface area contributed by atoms with E-state index in [4.69, 9.17) is 4.98 Å². The van der Waals surface area contributed by atoms with Gasteiger partial charge in [-0.05, 0) is 42.7 Å². The maximum Gasteiger partial charge on any atom is 0.256 e. The first-order valence-corrected chi connectivity index (χ1v) is 9.52. The van der Waals surface area contributed by atoms with Crippen molar-refractivity contribution in [3.8, 4) is 11.3 Å². The third-order valence-electron chi connectivity index (χ3n) is 5.00. The summed E-state index contributed by atoms with van der Waals surface area (Å²) in [6, 6.07) is 25.8. The number of fused-ring (bicyclic) bond motifs is 1. The summed E-state index contributed by atoms with van der Waals surface area (Å²) in [6.45, 7) is 4.08. The molecule has 4 rings (SSSR count). The number of benzene rings is 3. The standard InChI is InChI=1S/C25H22N2O/c1-3-18-10-9-13-20(16-18)26-25(28)23-17(2)24(19-11-5-4-6-12-19)27-22-15-8-7-14-21(22)23/h4-16H,3H2,1-2H3,(H,26,28). The van der Waals surface area contributed by atoms with E-state index in [1.165, 1.54) is 5.56 Å². The van der Waals surface area contributed by atoms with Crippen LogP contribution in [0.1, 0.15) is 28.4 Å². The maximum atomic E-state index is 13.3. The highest BCUT2D eigenvalue weighted by Crippen LogP contribution is 2.30. The molecular weight excluding hydrogens is 344 g/mol. The van der Waals surface area contributed by atoms with Crippen molar-refractivity contribution < 1.29 is 4.79 Å². The Hall–Kier alpha value is -3.46. The largest absolute Gasteiger partial charge is 0.322 e. The van der Waals surface area contributed by atoms with Crippen LogP contribution in [0.2, 0.25) is 0 Å². The number of hydrogen-bond acceptors (Lipinski definition) is 2. The lowest BCUT2D eigenvalue weighted by Gasteiger charge is -2.15. The molecule has 28 heavy (non-hydrogen) atoms. The average molecular weight is 366 g/mol. The van der Waals surface area contributed by atoms with Gasteiger partial charge in [-0.3, -0.25) is 4.79 Å². The third kappa shape index (κ3) is 3.39. The molecule has 0 unspecified atom stereocenters. The number of carbonyl (C=O) groups is 1. The molecule has 0 saturated carbocycles. The molecule has 3 heteroatoms. The second kappa shape index (κ2) is 7.65. The summed E-state index contributed by atoms with van der Waals surface area (Å²) < 4.78 is 0. The van der Waals surface area contributed by atoms with Crippen LogP contribution in [0.5, 0.6) is 0 Å². The van der Waals surface area contributed by atoms with Crippen molar-refractivity contribution in [2.75, 3.05) is 5.32 Å². The van der Waals surface area contributed by atoms with Crippen LogP contribution in [0.25, 0.3) is 22.2 Å². The highest BCUT2D eigenvalue weighted by Gasteiger charge is 2.19. The van der Waals surface area contributed by atoms with Crippen LogP contribution in [0.15, 0.2) is 78.9 Å². The van der Waals surface area contributed by atoms with Gasteiger partial charge in [0, 0.05) is 16.6 Å². The number of nitrogens with one attached hydrogen (secondary N) is 1. The van der Waals surface area contributed by atoms with Gasteiger partial charge in [-0.25, -0.2) is 4.98 Å². The first-order chi connectivity index (χ1) is 13.7. The Kier molecular flexibility index (Phi) is 4.90. The normalized spacial score (nSPS) is 10.8. The summed E-state index contributed by atoms with van der Waals surface area (Å²) >= 11 is 0. The fourth-order valence-corrected chi connectivity index (χ4v) is 3.54. The van der Waals surface area contributed by atoms with Gasteiger partial charge < -0.3 is 5.32 Å². The number of rotatable bonds is 4. The molecule has 0 atom stereocenters. The Labute approximate surface area is 165 Å². The second-order valence-corrected chi connectivity index (χ2v) is 6.85. The van der Waals surface area contributed by atoms with Gasteiger partial charge in [0.1, 0.15) is 0 Å². The smallest absolute Gasteiger partial charge is 0.256 e. The lowest BCUT2D eigenvalue weighted by molar-refractivity contribution is 0.102. The van der Waals surface area contributed by atoms with E-state index in [1.54, 1.807) is 0 Å². The van der Waals surface area contributed by atoms with Gasteiger partial charge >= 0.3 is 0 Å². The molecule has 3 nitrogen and oxygen atoms in total. The fourth-order valence-electron chi connectivity index (χ4n) is 3.54. The van der Waals surface area contributed by atoms with E-state index in [9.17, 15) is 4.79 Å². The van der Waals surface area contributed by atoms with Gasteiger partial charge in [0.15, 0.2) is 0 Å². The molecule has 0 aliphatic rings. The van der Waals surface area contributed by atoms with Crippen LogP contribution in [0.3, 0.4) is 0 Å². The van der Waals surface area contributed by atoms with E-state index in [2.05, 4.69) is 18.3 Å². The van der Waals surface area contributed by atoms with Crippen LogP contribution < -0.4 is 5.32 Å². The molecule has 0 aliphatic heterocycles. The van der Waals surface area contributed by atoms with Gasteiger partial charge in [-0.2, -0.15) is 0 Å². The van der Waals surface area contributed by atoms with E-state index in [-0.39, 0.29) is 5.91 Å². The molecule has 3 aromatic carbocycles. The van der Waals surface area contributed by atoms with Gasteiger partial charge in [0.05, 0.1) is 16.8 Å².